The average molecular weight is 278 g/mol. The number of hydrogen-bond donors (Lipinski definition) is 1. The van der Waals surface area contributed by atoms with Crippen LogP contribution in [0.25, 0.3) is 0 Å². The fourth-order valence-corrected chi connectivity index (χ4v) is 4.14. The number of hydrogen-bond acceptors (Lipinski definition) is 4. The minimum absolute atomic E-state index is 0.0442. The van der Waals surface area contributed by atoms with Crippen LogP contribution in [0.3, 0.4) is 0 Å². The SMILES string of the molecule is N#CCC(NC1CCCS(=O)(=O)C1)c1ccccc1. The second-order valence-corrected chi connectivity index (χ2v) is 7.17. The molecule has 1 aromatic rings. The lowest BCUT2D eigenvalue weighted by atomic mass is 10.0. The number of nitrogens with one attached hydrogen (secondary N) is 1. The van der Waals surface area contributed by atoms with E-state index in [1.165, 1.54) is 0 Å². The van der Waals surface area contributed by atoms with Crippen molar-refractivity contribution in [1.82, 2.24) is 5.32 Å². The first kappa shape index (κ1) is 14.0. The van der Waals surface area contributed by atoms with Crippen molar-refractivity contribution in [3.63, 3.8) is 0 Å². The number of benzene rings is 1. The van der Waals surface area contributed by atoms with Crippen LogP contribution in [0.1, 0.15) is 30.9 Å². The number of sulfone groups is 1. The minimum atomic E-state index is -2.92. The van der Waals surface area contributed by atoms with Gasteiger partial charge in [0.1, 0.15) is 0 Å². The van der Waals surface area contributed by atoms with Gasteiger partial charge in [0, 0.05) is 12.1 Å². The van der Waals surface area contributed by atoms with Crippen LogP contribution in [-0.2, 0) is 9.84 Å². The Balaban J connectivity index is 2.07. The van der Waals surface area contributed by atoms with Gasteiger partial charge in [-0.2, -0.15) is 5.26 Å². The van der Waals surface area contributed by atoms with Gasteiger partial charge in [-0.25, -0.2) is 8.42 Å². The van der Waals surface area contributed by atoms with Crippen molar-refractivity contribution in [3.8, 4) is 6.07 Å². The smallest absolute Gasteiger partial charge is 0.151 e. The zero-order valence-corrected chi connectivity index (χ0v) is 11.6. The predicted octanol–water partition coefficient (Wildman–Crippen LogP) is 1.81. The quantitative estimate of drug-likeness (QED) is 0.912. The van der Waals surface area contributed by atoms with Gasteiger partial charge in [-0.05, 0) is 18.4 Å². The summed E-state index contributed by atoms with van der Waals surface area (Å²) >= 11 is 0. The molecule has 2 unspecified atom stereocenters. The molecule has 0 amide bonds. The molecule has 0 radical (unpaired) electrons. The Hall–Kier alpha value is -1.38. The Labute approximate surface area is 114 Å². The molecule has 102 valence electrons. The molecule has 1 aliphatic rings. The largest absolute Gasteiger partial charge is 0.305 e. The number of nitriles is 1. The summed E-state index contributed by atoms with van der Waals surface area (Å²) in [6, 6.07) is 11.7. The van der Waals surface area contributed by atoms with Crippen molar-refractivity contribution in [2.24, 2.45) is 0 Å². The van der Waals surface area contributed by atoms with E-state index in [4.69, 9.17) is 5.26 Å². The van der Waals surface area contributed by atoms with E-state index < -0.39 is 9.84 Å². The van der Waals surface area contributed by atoms with Crippen molar-refractivity contribution in [2.75, 3.05) is 11.5 Å². The molecule has 1 heterocycles. The Kier molecular flexibility index (Phi) is 4.56. The first-order valence-electron chi connectivity index (χ1n) is 6.49. The molecule has 5 heteroatoms. The highest BCUT2D eigenvalue weighted by Gasteiger charge is 2.26. The molecule has 19 heavy (non-hydrogen) atoms. The molecule has 1 N–H and O–H groups in total. The third kappa shape index (κ3) is 4.05. The van der Waals surface area contributed by atoms with E-state index in [-0.39, 0.29) is 17.8 Å². The monoisotopic (exact) mass is 278 g/mol. The van der Waals surface area contributed by atoms with Gasteiger partial charge in [0.2, 0.25) is 0 Å². The highest BCUT2D eigenvalue weighted by molar-refractivity contribution is 7.91. The van der Waals surface area contributed by atoms with E-state index >= 15 is 0 Å². The maximum atomic E-state index is 11.6. The van der Waals surface area contributed by atoms with Gasteiger partial charge in [0.15, 0.2) is 9.84 Å². The standard InChI is InChI=1S/C14H18N2O2S/c15-9-8-14(12-5-2-1-3-6-12)16-13-7-4-10-19(17,18)11-13/h1-3,5-6,13-14,16H,4,7-8,10-11H2. The van der Waals surface area contributed by atoms with Crippen LogP contribution in [0.5, 0.6) is 0 Å². The summed E-state index contributed by atoms with van der Waals surface area (Å²) in [7, 11) is -2.92. The second-order valence-electron chi connectivity index (χ2n) is 4.95. The highest BCUT2D eigenvalue weighted by Crippen LogP contribution is 2.20. The Morgan fingerprint density at radius 2 is 2.11 bits per heavy atom. The minimum Gasteiger partial charge on any atom is -0.305 e. The Morgan fingerprint density at radius 3 is 2.74 bits per heavy atom. The predicted molar refractivity (Wildman–Crippen MR) is 74.2 cm³/mol. The van der Waals surface area contributed by atoms with E-state index in [0.717, 1.165) is 12.0 Å². The molecule has 1 saturated heterocycles. The first-order valence-corrected chi connectivity index (χ1v) is 8.31. The van der Waals surface area contributed by atoms with Crippen molar-refractivity contribution in [3.05, 3.63) is 35.9 Å². The van der Waals surface area contributed by atoms with Crippen molar-refractivity contribution < 1.29 is 8.42 Å². The summed E-state index contributed by atoms with van der Waals surface area (Å²) in [6.07, 6.45) is 1.91. The lowest BCUT2D eigenvalue weighted by Crippen LogP contribution is -2.41. The molecule has 1 aliphatic heterocycles. The molecule has 0 spiro atoms. The second kappa shape index (κ2) is 6.18. The fourth-order valence-electron chi connectivity index (χ4n) is 2.49. The summed E-state index contributed by atoms with van der Waals surface area (Å²) in [5.41, 5.74) is 1.03. The van der Waals surface area contributed by atoms with Gasteiger partial charge in [-0.3, -0.25) is 0 Å². The maximum absolute atomic E-state index is 11.6. The summed E-state index contributed by atoms with van der Waals surface area (Å²) in [4.78, 5) is 0. The van der Waals surface area contributed by atoms with Crippen molar-refractivity contribution in [2.45, 2.75) is 31.3 Å². The summed E-state index contributed by atoms with van der Waals surface area (Å²) in [5, 5.41) is 12.2. The van der Waals surface area contributed by atoms with Gasteiger partial charge in [0.25, 0.3) is 0 Å². The molecule has 0 saturated carbocycles. The van der Waals surface area contributed by atoms with E-state index in [0.29, 0.717) is 18.6 Å². The lowest BCUT2D eigenvalue weighted by molar-refractivity contribution is 0.424. The molecular formula is C14H18N2O2S. The summed E-state index contributed by atoms with van der Waals surface area (Å²) in [5.74, 6) is 0.473. The van der Waals surface area contributed by atoms with E-state index in [2.05, 4.69) is 11.4 Å². The van der Waals surface area contributed by atoms with Gasteiger partial charge in [-0.1, -0.05) is 30.3 Å². The number of nitrogens with zero attached hydrogens (tertiary/aromatic N) is 1. The van der Waals surface area contributed by atoms with Crippen LogP contribution in [0, 0.1) is 11.3 Å². The summed E-state index contributed by atoms with van der Waals surface area (Å²) < 4.78 is 23.3. The topological polar surface area (TPSA) is 70.0 Å². The average Bonchev–Trinajstić information content (AvgIpc) is 2.38. The third-order valence-corrected chi connectivity index (χ3v) is 5.22. The van der Waals surface area contributed by atoms with Crippen molar-refractivity contribution >= 4 is 9.84 Å². The lowest BCUT2D eigenvalue weighted by Gasteiger charge is -2.27. The van der Waals surface area contributed by atoms with Crippen LogP contribution in [0.2, 0.25) is 0 Å². The maximum Gasteiger partial charge on any atom is 0.151 e. The highest BCUT2D eigenvalue weighted by atomic mass is 32.2. The van der Waals surface area contributed by atoms with E-state index in [1.54, 1.807) is 0 Å². The van der Waals surface area contributed by atoms with Gasteiger partial charge in [0.05, 0.1) is 24.0 Å². The molecular weight excluding hydrogens is 260 g/mol. The molecule has 4 nitrogen and oxygen atoms in total. The molecule has 0 aliphatic carbocycles. The zero-order chi connectivity index (χ0) is 13.7. The van der Waals surface area contributed by atoms with E-state index in [1.807, 2.05) is 30.3 Å². The van der Waals surface area contributed by atoms with Crippen LogP contribution >= 0.6 is 0 Å². The molecule has 2 atom stereocenters. The first-order chi connectivity index (χ1) is 9.11. The summed E-state index contributed by atoms with van der Waals surface area (Å²) in [6.45, 7) is 0. The van der Waals surface area contributed by atoms with Crippen LogP contribution < -0.4 is 5.32 Å². The Morgan fingerprint density at radius 1 is 1.37 bits per heavy atom. The molecule has 0 aromatic heterocycles. The van der Waals surface area contributed by atoms with Gasteiger partial charge >= 0.3 is 0 Å². The van der Waals surface area contributed by atoms with Crippen LogP contribution in [0.4, 0.5) is 0 Å². The number of rotatable bonds is 4. The normalized spacial score (nSPS) is 23.4. The molecule has 0 bridgehead atoms. The van der Waals surface area contributed by atoms with E-state index in [9.17, 15) is 8.42 Å². The van der Waals surface area contributed by atoms with Crippen LogP contribution in [-0.4, -0.2) is 26.0 Å². The molecule has 1 fully saturated rings. The van der Waals surface area contributed by atoms with Gasteiger partial charge < -0.3 is 5.32 Å². The fraction of sp³-hybridized carbons (Fsp3) is 0.500. The zero-order valence-electron chi connectivity index (χ0n) is 10.7. The molecule has 1 aromatic carbocycles. The van der Waals surface area contributed by atoms with Gasteiger partial charge in [-0.15, -0.1) is 0 Å². The Bertz CT molecular complexity index is 549. The third-order valence-electron chi connectivity index (χ3n) is 3.40. The molecule has 2 rings (SSSR count). The van der Waals surface area contributed by atoms with Crippen LogP contribution in [0.15, 0.2) is 30.3 Å². The van der Waals surface area contributed by atoms with Crippen molar-refractivity contribution in [1.29, 1.82) is 5.26 Å².